The van der Waals surface area contributed by atoms with Crippen molar-refractivity contribution in [3.63, 3.8) is 0 Å². The maximum Gasteiger partial charge on any atom is 0.319 e. The number of pyridine rings is 1. The van der Waals surface area contributed by atoms with Crippen molar-refractivity contribution in [3.8, 4) is 0 Å². The van der Waals surface area contributed by atoms with Crippen LogP contribution in [0.25, 0.3) is 0 Å². The van der Waals surface area contributed by atoms with E-state index in [1.54, 1.807) is 19.3 Å². The van der Waals surface area contributed by atoms with E-state index in [9.17, 15) is 9.59 Å². The van der Waals surface area contributed by atoms with E-state index >= 15 is 0 Å². The van der Waals surface area contributed by atoms with E-state index in [-0.39, 0.29) is 17.6 Å². The highest BCUT2D eigenvalue weighted by Crippen LogP contribution is 2.18. The number of likely N-dealkylation sites (tertiary alicyclic amines) is 1. The highest BCUT2D eigenvalue weighted by atomic mass is 16.2. The van der Waals surface area contributed by atoms with Gasteiger partial charge in [0.25, 0.3) is 0 Å². The molecule has 1 saturated heterocycles. The number of hydrogen-bond donors (Lipinski definition) is 2. The maximum atomic E-state index is 12.4. The lowest BCUT2D eigenvalue weighted by molar-refractivity contribution is 0.240. The van der Waals surface area contributed by atoms with Crippen molar-refractivity contribution < 1.29 is 4.79 Å². The predicted molar refractivity (Wildman–Crippen MR) is 98.7 cm³/mol. The number of hydrogen-bond acceptors (Lipinski definition) is 3. The molecule has 3 rings (SSSR count). The third kappa shape index (κ3) is 4.70. The standard InChI is InChI=1S/C19H24N4O2/c1-22-13-16(9-10-18(22)24)20-19(25)21-17(14-23-11-5-6-12-23)15-7-3-2-4-8-15/h2-4,7-10,13,17H,5-6,11-12,14H2,1H3,(H2,20,21,25). The molecule has 1 fully saturated rings. The average Bonchev–Trinajstić information content (AvgIpc) is 3.11. The van der Waals surface area contributed by atoms with Crippen LogP contribution in [-0.4, -0.2) is 35.1 Å². The molecule has 1 atom stereocenters. The van der Waals surface area contributed by atoms with Crippen molar-refractivity contribution in [2.45, 2.75) is 18.9 Å². The molecular formula is C19H24N4O2. The first-order valence-electron chi connectivity index (χ1n) is 8.63. The zero-order valence-corrected chi connectivity index (χ0v) is 14.4. The van der Waals surface area contributed by atoms with E-state index in [4.69, 9.17) is 0 Å². The van der Waals surface area contributed by atoms with Crippen molar-refractivity contribution in [2.24, 2.45) is 7.05 Å². The number of rotatable bonds is 5. The van der Waals surface area contributed by atoms with Gasteiger partial charge in [0.1, 0.15) is 0 Å². The minimum absolute atomic E-state index is 0.0770. The van der Waals surface area contributed by atoms with Crippen LogP contribution in [0.15, 0.2) is 53.5 Å². The molecular weight excluding hydrogens is 316 g/mol. The average molecular weight is 340 g/mol. The number of carbonyl (C=O) groups excluding carboxylic acids is 1. The summed E-state index contributed by atoms with van der Waals surface area (Å²) in [4.78, 5) is 26.3. The van der Waals surface area contributed by atoms with Gasteiger partial charge in [-0.3, -0.25) is 4.79 Å². The van der Waals surface area contributed by atoms with E-state index in [1.807, 2.05) is 30.3 Å². The lowest BCUT2D eigenvalue weighted by Gasteiger charge is -2.25. The second-order valence-electron chi connectivity index (χ2n) is 6.44. The van der Waals surface area contributed by atoms with Crippen LogP contribution in [0.2, 0.25) is 0 Å². The zero-order chi connectivity index (χ0) is 17.6. The Morgan fingerprint density at radius 2 is 1.84 bits per heavy atom. The lowest BCUT2D eigenvalue weighted by atomic mass is 10.1. The molecule has 6 nitrogen and oxygen atoms in total. The topological polar surface area (TPSA) is 66.4 Å². The molecule has 0 aliphatic carbocycles. The summed E-state index contributed by atoms with van der Waals surface area (Å²) in [6, 6.07) is 12.7. The number of nitrogens with zero attached hydrogens (tertiary/aromatic N) is 2. The van der Waals surface area contributed by atoms with Gasteiger partial charge in [-0.2, -0.15) is 0 Å². The molecule has 25 heavy (non-hydrogen) atoms. The summed E-state index contributed by atoms with van der Waals surface area (Å²) in [6.07, 6.45) is 4.04. The van der Waals surface area contributed by atoms with Gasteiger partial charge in [0.2, 0.25) is 5.56 Å². The lowest BCUT2D eigenvalue weighted by Crippen LogP contribution is -2.39. The van der Waals surface area contributed by atoms with E-state index < -0.39 is 0 Å². The van der Waals surface area contributed by atoms with Gasteiger partial charge in [0, 0.05) is 25.9 Å². The largest absolute Gasteiger partial charge is 0.330 e. The quantitative estimate of drug-likeness (QED) is 0.878. The number of anilines is 1. The summed E-state index contributed by atoms with van der Waals surface area (Å²) in [5.41, 5.74) is 1.57. The van der Waals surface area contributed by atoms with Crippen LogP contribution in [0.4, 0.5) is 10.5 Å². The van der Waals surface area contributed by atoms with Crippen LogP contribution in [0.5, 0.6) is 0 Å². The molecule has 0 radical (unpaired) electrons. The van der Waals surface area contributed by atoms with Crippen LogP contribution in [0, 0.1) is 0 Å². The summed E-state index contributed by atoms with van der Waals surface area (Å²) >= 11 is 0. The van der Waals surface area contributed by atoms with Gasteiger partial charge in [0.15, 0.2) is 0 Å². The first-order valence-corrected chi connectivity index (χ1v) is 8.63. The van der Waals surface area contributed by atoms with Gasteiger partial charge in [-0.15, -0.1) is 0 Å². The fourth-order valence-corrected chi connectivity index (χ4v) is 3.14. The third-order valence-corrected chi connectivity index (χ3v) is 4.49. The highest BCUT2D eigenvalue weighted by Gasteiger charge is 2.20. The number of urea groups is 1. The van der Waals surface area contributed by atoms with Crippen LogP contribution < -0.4 is 16.2 Å². The van der Waals surface area contributed by atoms with Crippen LogP contribution >= 0.6 is 0 Å². The molecule has 132 valence electrons. The Kier molecular flexibility index (Phi) is 5.50. The van der Waals surface area contributed by atoms with Gasteiger partial charge >= 0.3 is 6.03 Å². The number of carbonyl (C=O) groups is 1. The first kappa shape index (κ1) is 17.2. The van der Waals surface area contributed by atoms with Crippen molar-refractivity contribution in [1.82, 2.24) is 14.8 Å². The maximum absolute atomic E-state index is 12.4. The van der Waals surface area contributed by atoms with Crippen molar-refractivity contribution in [1.29, 1.82) is 0 Å². The second-order valence-corrected chi connectivity index (χ2v) is 6.44. The van der Waals surface area contributed by atoms with Gasteiger partial charge in [0.05, 0.1) is 11.7 Å². The Morgan fingerprint density at radius 1 is 1.12 bits per heavy atom. The van der Waals surface area contributed by atoms with E-state index in [0.717, 1.165) is 25.2 Å². The minimum Gasteiger partial charge on any atom is -0.330 e. The van der Waals surface area contributed by atoms with Gasteiger partial charge in [-0.25, -0.2) is 4.79 Å². The molecule has 0 bridgehead atoms. The number of benzene rings is 1. The molecule has 1 aliphatic heterocycles. The summed E-state index contributed by atoms with van der Waals surface area (Å²) in [6.45, 7) is 2.95. The summed E-state index contributed by atoms with van der Waals surface area (Å²) in [7, 11) is 1.66. The SMILES string of the molecule is Cn1cc(NC(=O)NC(CN2CCCC2)c2ccccc2)ccc1=O. The third-order valence-electron chi connectivity index (χ3n) is 4.49. The Balaban J connectivity index is 1.68. The molecule has 2 heterocycles. The molecule has 6 heteroatoms. The molecule has 0 spiro atoms. The van der Waals surface area contributed by atoms with Gasteiger partial charge in [-0.1, -0.05) is 30.3 Å². The molecule has 1 unspecified atom stereocenters. The Labute approximate surface area is 147 Å². The number of aryl methyl sites for hydroxylation is 1. The monoisotopic (exact) mass is 340 g/mol. The Bertz CT molecular complexity index is 766. The fraction of sp³-hybridized carbons (Fsp3) is 0.368. The molecule has 2 aromatic rings. The van der Waals surface area contributed by atoms with Gasteiger partial charge in [-0.05, 0) is 37.6 Å². The van der Waals surface area contributed by atoms with Crippen molar-refractivity contribution in [2.75, 3.05) is 25.0 Å². The fourth-order valence-electron chi connectivity index (χ4n) is 3.14. The normalized spacial score (nSPS) is 15.7. The van der Waals surface area contributed by atoms with E-state index in [0.29, 0.717) is 5.69 Å². The predicted octanol–water partition coefficient (Wildman–Crippen LogP) is 2.34. The van der Waals surface area contributed by atoms with Gasteiger partial charge < -0.3 is 20.1 Å². The first-order chi connectivity index (χ1) is 12.1. The molecule has 0 saturated carbocycles. The smallest absolute Gasteiger partial charge is 0.319 e. The van der Waals surface area contributed by atoms with E-state index in [1.165, 1.54) is 23.5 Å². The number of amides is 2. The van der Waals surface area contributed by atoms with Crippen LogP contribution in [0.3, 0.4) is 0 Å². The van der Waals surface area contributed by atoms with E-state index in [2.05, 4.69) is 15.5 Å². The van der Waals surface area contributed by atoms with Crippen LogP contribution in [0.1, 0.15) is 24.4 Å². The van der Waals surface area contributed by atoms with Crippen LogP contribution in [-0.2, 0) is 7.05 Å². The Morgan fingerprint density at radius 3 is 2.52 bits per heavy atom. The minimum atomic E-state index is -0.272. The highest BCUT2D eigenvalue weighted by molar-refractivity contribution is 5.89. The number of aromatic nitrogens is 1. The summed E-state index contributed by atoms with van der Waals surface area (Å²) in [5, 5.41) is 5.87. The number of nitrogens with one attached hydrogen (secondary N) is 2. The Hall–Kier alpha value is -2.60. The molecule has 1 aromatic carbocycles. The summed E-state index contributed by atoms with van der Waals surface area (Å²) in [5.74, 6) is 0. The second kappa shape index (κ2) is 7.98. The zero-order valence-electron chi connectivity index (χ0n) is 14.4. The van der Waals surface area contributed by atoms with Crippen molar-refractivity contribution in [3.05, 3.63) is 64.6 Å². The molecule has 1 aliphatic rings. The van der Waals surface area contributed by atoms with Crippen molar-refractivity contribution >= 4 is 11.7 Å². The summed E-state index contributed by atoms with van der Waals surface area (Å²) < 4.78 is 1.44. The molecule has 2 amide bonds. The molecule has 2 N–H and O–H groups in total. The molecule has 1 aromatic heterocycles.